The maximum atomic E-state index is 13.4. The number of amides is 3. The number of unbranched alkanes of at least 4 members (excludes halogenated alkanes) is 1. The van der Waals surface area contributed by atoms with Crippen LogP contribution in [-0.2, 0) is 36.8 Å². The number of carbonyl (C=O) groups excluding carboxylic acids is 4. The lowest BCUT2D eigenvalue weighted by Crippen LogP contribution is -2.57. The second-order valence-electron chi connectivity index (χ2n) is 9.17. The molecule has 3 amide bonds. The van der Waals surface area contributed by atoms with Gasteiger partial charge in [-0.1, -0.05) is 30.3 Å². The Balaban J connectivity index is 2.20. The molecule has 13 heteroatoms. The molecular weight excluding hydrogens is 506 g/mol. The van der Waals surface area contributed by atoms with Crippen LogP contribution in [0.2, 0.25) is 0 Å². The van der Waals surface area contributed by atoms with Crippen LogP contribution in [0.3, 0.4) is 0 Å². The highest BCUT2D eigenvalue weighted by Gasteiger charge is 2.30. The predicted molar refractivity (Wildman–Crippen MR) is 142 cm³/mol. The standard InChI is InChI=1S/C26H37N7O6/c27-11-5-4-8-18(15-34)31-25(38)21(12-17-6-2-1-3-7-17)33-26(39)22(13-19-14-29-16-30-19)32-24(37)20(28)9-10-23(35)36/h1-3,6-7,14-16,18,20-22H,4-5,8-13,27-28H2,(H,29,30)(H,31,38)(H,32,37)(H,33,39)(H,35,36)/t18-,20+,21+,22+/m1/s1. The van der Waals surface area contributed by atoms with Crippen molar-refractivity contribution in [2.45, 2.75) is 69.1 Å². The van der Waals surface area contributed by atoms with Gasteiger partial charge in [-0.3, -0.25) is 19.2 Å². The van der Waals surface area contributed by atoms with Gasteiger partial charge in [0.15, 0.2) is 0 Å². The number of imidazole rings is 1. The third-order valence-corrected chi connectivity index (χ3v) is 5.99. The fourth-order valence-corrected chi connectivity index (χ4v) is 3.81. The molecule has 1 aromatic carbocycles. The third-order valence-electron chi connectivity index (χ3n) is 5.99. The minimum Gasteiger partial charge on any atom is -0.481 e. The number of hydrogen-bond donors (Lipinski definition) is 7. The second-order valence-corrected chi connectivity index (χ2v) is 9.17. The molecule has 0 fully saturated rings. The largest absolute Gasteiger partial charge is 0.481 e. The van der Waals surface area contributed by atoms with Crippen molar-refractivity contribution >= 4 is 30.0 Å². The van der Waals surface area contributed by atoms with Crippen LogP contribution in [0.15, 0.2) is 42.9 Å². The third kappa shape index (κ3) is 11.4. The Morgan fingerprint density at radius 1 is 0.949 bits per heavy atom. The lowest BCUT2D eigenvalue weighted by Gasteiger charge is -2.25. The van der Waals surface area contributed by atoms with Crippen molar-refractivity contribution in [1.82, 2.24) is 25.9 Å². The van der Waals surface area contributed by atoms with Gasteiger partial charge in [-0.25, -0.2) is 4.98 Å². The molecule has 0 bridgehead atoms. The van der Waals surface area contributed by atoms with Crippen molar-refractivity contribution in [2.24, 2.45) is 11.5 Å². The Bertz CT molecular complexity index is 1060. The highest BCUT2D eigenvalue weighted by atomic mass is 16.4. The molecule has 0 aliphatic carbocycles. The lowest BCUT2D eigenvalue weighted by molar-refractivity contribution is -0.137. The average Bonchev–Trinajstić information content (AvgIpc) is 3.44. The van der Waals surface area contributed by atoms with Crippen molar-refractivity contribution in [3.8, 4) is 0 Å². The first-order valence-corrected chi connectivity index (χ1v) is 12.8. The van der Waals surface area contributed by atoms with E-state index in [0.29, 0.717) is 37.8 Å². The van der Waals surface area contributed by atoms with Gasteiger partial charge in [0.05, 0.1) is 18.4 Å². The number of nitrogens with one attached hydrogen (secondary N) is 4. The van der Waals surface area contributed by atoms with E-state index in [1.807, 2.05) is 6.07 Å². The summed E-state index contributed by atoms with van der Waals surface area (Å²) >= 11 is 0. The molecule has 0 aliphatic rings. The summed E-state index contributed by atoms with van der Waals surface area (Å²) in [7, 11) is 0. The number of carboxylic acid groups (broad SMARTS) is 1. The number of benzene rings is 1. The summed E-state index contributed by atoms with van der Waals surface area (Å²) in [5, 5.41) is 16.8. The Labute approximate surface area is 226 Å². The zero-order valence-electron chi connectivity index (χ0n) is 21.7. The van der Waals surface area contributed by atoms with Gasteiger partial charge in [-0.15, -0.1) is 0 Å². The highest BCUT2D eigenvalue weighted by Crippen LogP contribution is 2.08. The molecule has 9 N–H and O–H groups in total. The number of aromatic nitrogens is 2. The number of aliphatic carboxylic acids is 1. The van der Waals surface area contributed by atoms with Gasteiger partial charge >= 0.3 is 5.97 Å². The molecule has 0 spiro atoms. The summed E-state index contributed by atoms with van der Waals surface area (Å²) in [5.41, 5.74) is 12.7. The average molecular weight is 544 g/mol. The predicted octanol–water partition coefficient (Wildman–Crippen LogP) is -0.831. The fraction of sp³-hybridized carbons (Fsp3) is 0.462. The SMILES string of the molecule is NCCCC[C@H](C=O)NC(=O)[C@H](Cc1ccccc1)NC(=O)[C@H](Cc1cnc[nH]1)NC(=O)[C@@H](N)CCC(=O)O. The first-order chi connectivity index (χ1) is 18.7. The van der Waals surface area contributed by atoms with E-state index < -0.39 is 47.9 Å². The van der Waals surface area contributed by atoms with Crippen LogP contribution in [0.1, 0.15) is 43.4 Å². The molecule has 13 nitrogen and oxygen atoms in total. The van der Waals surface area contributed by atoms with Gasteiger partial charge in [0.25, 0.3) is 0 Å². The van der Waals surface area contributed by atoms with Crippen LogP contribution >= 0.6 is 0 Å². The van der Waals surface area contributed by atoms with E-state index in [2.05, 4.69) is 25.9 Å². The van der Waals surface area contributed by atoms with Gasteiger partial charge in [0.2, 0.25) is 17.7 Å². The van der Waals surface area contributed by atoms with Crippen molar-refractivity contribution < 1.29 is 29.1 Å². The number of aromatic amines is 1. The zero-order chi connectivity index (χ0) is 28.6. The molecule has 212 valence electrons. The van der Waals surface area contributed by atoms with Crippen LogP contribution in [0.4, 0.5) is 0 Å². The Hall–Kier alpha value is -4.10. The quantitative estimate of drug-likeness (QED) is 0.0919. The molecule has 0 saturated carbocycles. The van der Waals surface area contributed by atoms with Crippen molar-refractivity contribution in [3.63, 3.8) is 0 Å². The van der Waals surface area contributed by atoms with Crippen LogP contribution in [0, 0.1) is 0 Å². The number of H-pyrrole nitrogens is 1. The number of aldehydes is 1. The van der Waals surface area contributed by atoms with E-state index in [4.69, 9.17) is 16.6 Å². The van der Waals surface area contributed by atoms with Crippen LogP contribution in [0.25, 0.3) is 0 Å². The maximum Gasteiger partial charge on any atom is 0.303 e. The summed E-state index contributed by atoms with van der Waals surface area (Å²) in [6.07, 6.45) is 5.03. The molecule has 4 atom stereocenters. The molecule has 2 aromatic rings. The number of hydrogen-bond acceptors (Lipinski definition) is 8. The Morgan fingerprint density at radius 2 is 1.62 bits per heavy atom. The molecule has 0 unspecified atom stereocenters. The lowest BCUT2D eigenvalue weighted by atomic mass is 10.0. The van der Waals surface area contributed by atoms with E-state index >= 15 is 0 Å². The van der Waals surface area contributed by atoms with Crippen molar-refractivity contribution in [1.29, 1.82) is 0 Å². The highest BCUT2D eigenvalue weighted by molar-refractivity contribution is 5.94. The monoisotopic (exact) mass is 543 g/mol. The van der Waals surface area contributed by atoms with Crippen LogP contribution in [0.5, 0.6) is 0 Å². The molecule has 2 rings (SSSR count). The summed E-state index contributed by atoms with van der Waals surface area (Å²) in [6.45, 7) is 0.468. The number of nitrogens with zero attached hydrogens (tertiary/aromatic N) is 1. The van der Waals surface area contributed by atoms with E-state index in [9.17, 15) is 24.0 Å². The second kappa shape index (κ2) is 16.7. The molecule has 1 aromatic heterocycles. The van der Waals surface area contributed by atoms with E-state index in [-0.39, 0.29) is 25.7 Å². The number of carbonyl (C=O) groups is 5. The number of rotatable bonds is 18. The molecule has 0 radical (unpaired) electrons. The normalized spacial score (nSPS) is 13.9. The van der Waals surface area contributed by atoms with Gasteiger partial charge in [-0.2, -0.15) is 0 Å². The molecule has 39 heavy (non-hydrogen) atoms. The van der Waals surface area contributed by atoms with Crippen LogP contribution < -0.4 is 27.4 Å². The van der Waals surface area contributed by atoms with Crippen molar-refractivity contribution in [3.05, 3.63) is 54.1 Å². The fourth-order valence-electron chi connectivity index (χ4n) is 3.81. The summed E-state index contributed by atoms with van der Waals surface area (Å²) in [6, 6.07) is 4.92. The topological polar surface area (TPSA) is 222 Å². The number of nitrogens with two attached hydrogens (primary N) is 2. The summed E-state index contributed by atoms with van der Waals surface area (Å²) in [5.74, 6) is -3.02. The Kier molecular flexibility index (Phi) is 13.3. The summed E-state index contributed by atoms with van der Waals surface area (Å²) < 4.78 is 0. The van der Waals surface area contributed by atoms with Gasteiger partial charge in [0.1, 0.15) is 18.4 Å². The van der Waals surface area contributed by atoms with Gasteiger partial charge in [-0.05, 0) is 37.8 Å². The van der Waals surface area contributed by atoms with E-state index in [0.717, 1.165) is 5.56 Å². The first kappa shape index (κ1) is 31.1. The van der Waals surface area contributed by atoms with E-state index in [1.54, 1.807) is 24.3 Å². The van der Waals surface area contributed by atoms with Crippen molar-refractivity contribution in [2.75, 3.05) is 6.54 Å². The minimum absolute atomic E-state index is 0.0128. The van der Waals surface area contributed by atoms with E-state index in [1.165, 1.54) is 12.5 Å². The summed E-state index contributed by atoms with van der Waals surface area (Å²) in [4.78, 5) is 68.5. The minimum atomic E-state index is -1.15. The smallest absolute Gasteiger partial charge is 0.303 e. The molecular formula is C26H37N7O6. The molecule has 0 saturated heterocycles. The Morgan fingerprint density at radius 3 is 2.23 bits per heavy atom. The number of carboxylic acids is 1. The first-order valence-electron chi connectivity index (χ1n) is 12.8. The maximum absolute atomic E-state index is 13.4. The van der Waals surface area contributed by atoms with Crippen LogP contribution in [-0.4, -0.2) is 75.8 Å². The zero-order valence-corrected chi connectivity index (χ0v) is 21.7. The molecule has 0 aliphatic heterocycles. The van der Waals surface area contributed by atoms with Gasteiger partial charge in [0, 0.05) is 31.2 Å². The van der Waals surface area contributed by atoms with Gasteiger partial charge < -0.3 is 42.3 Å². The molecule has 1 heterocycles.